The van der Waals surface area contributed by atoms with Crippen molar-refractivity contribution in [2.24, 2.45) is 5.92 Å². The summed E-state index contributed by atoms with van der Waals surface area (Å²) in [5.74, 6) is 0.826. The standard InChI is InChI=1S/C18H23N3OS/c1-2-19-12-14-8-10-21(11-9-14)18(22)16-13-20-17(23-16)15-6-4-3-5-7-15/h3-7,13-14,19H,2,8-12H2,1H3. The molecule has 1 aromatic heterocycles. The number of amides is 1. The van der Waals surface area contributed by atoms with Crippen molar-refractivity contribution in [2.45, 2.75) is 19.8 Å². The molecule has 1 amide bonds. The quantitative estimate of drug-likeness (QED) is 0.916. The summed E-state index contributed by atoms with van der Waals surface area (Å²) in [6, 6.07) is 10.0. The number of rotatable bonds is 5. The second-order valence-electron chi connectivity index (χ2n) is 5.94. The van der Waals surface area contributed by atoms with Gasteiger partial charge < -0.3 is 10.2 Å². The van der Waals surface area contributed by atoms with E-state index in [2.05, 4.69) is 17.2 Å². The van der Waals surface area contributed by atoms with E-state index in [-0.39, 0.29) is 5.91 Å². The molecule has 1 aliphatic rings. The van der Waals surface area contributed by atoms with E-state index in [9.17, 15) is 4.79 Å². The van der Waals surface area contributed by atoms with Crippen LogP contribution in [0.1, 0.15) is 29.4 Å². The second kappa shape index (κ2) is 7.70. The zero-order chi connectivity index (χ0) is 16.1. The molecule has 1 saturated heterocycles. The van der Waals surface area contributed by atoms with Crippen molar-refractivity contribution >= 4 is 17.2 Å². The molecule has 0 aliphatic carbocycles. The molecule has 0 atom stereocenters. The molecule has 0 saturated carbocycles. The fourth-order valence-corrected chi connectivity index (χ4v) is 3.82. The molecule has 122 valence electrons. The van der Waals surface area contributed by atoms with Gasteiger partial charge in [-0.3, -0.25) is 4.79 Å². The summed E-state index contributed by atoms with van der Waals surface area (Å²) in [4.78, 5) is 19.8. The average Bonchev–Trinajstić information content (AvgIpc) is 3.11. The lowest BCUT2D eigenvalue weighted by molar-refractivity contribution is 0.0695. The number of benzene rings is 1. The lowest BCUT2D eigenvalue weighted by Crippen LogP contribution is -2.40. The zero-order valence-electron chi connectivity index (χ0n) is 13.5. The molecule has 4 nitrogen and oxygen atoms in total. The predicted molar refractivity (Wildman–Crippen MR) is 94.7 cm³/mol. The summed E-state index contributed by atoms with van der Waals surface area (Å²) in [5, 5.41) is 4.32. The molecular weight excluding hydrogens is 306 g/mol. The van der Waals surface area contributed by atoms with Crippen LogP contribution in [0.4, 0.5) is 0 Å². The molecule has 1 aromatic carbocycles. The third kappa shape index (κ3) is 3.98. The van der Waals surface area contributed by atoms with Crippen molar-refractivity contribution in [3.63, 3.8) is 0 Å². The van der Waals surface area contributed by atoms with Crippen LogP contribution in [0.25, 0.3) is 10.6 Å². The van der Waals surface area contributed by atoms with Gasteiger partial charge in [0.2, 0.25) is 0 Å². The summed E-state index contributed by atoms with van der Waals surface area (Å²) in [6.45, 7) is 5.92. The summed E-state index contributed by atoms with van der Waals surface area (Å²) >= 11 is 1.49. The fraction of sp³-hybridized carbons (Fsp3) is 0.444. The number of thiazole rings is 1. The van der Waals surface area contributed by atoms with Crippen LogP contribution in [0.2, 0.25) is 0 Å². The Morgan fingerprint density at radius 1 is 1.30 bits per heavy atom. The minimum Gasteiger partial charge on any atom is -0.338 e. The first-order chi connectivity index (χ1) is 11.3. The van der Waals surface area contributed by atoms with Crippen molar-refractivity contribution in [3.8, 4) is 10.6 Å². The van der Waals surface area contributed by atoms with E-state index in [0.29, 0.717) is 5.92 Å². The lowest BCUT2D eigenvalue weighted by atomic mass is 9.96. The molecule has 1 N–H and O–H groups in total. The Kier molecular flexibility index (Phi) is 5.41. The topological polar surface area (TPSA) is 45.2 Å². The first-order valence-electron chi connectivity index (χ1n) is 8.29. The van der Waals surface area contributed by atoms with Crippen LogP contribution in [0.15, 0.2) is 36.5 Å². The first-order valence-corrected chi connectivity index (χ1v) is 9.11. The lowest BCUT2D eigenvalue weighted by Gasteiger charge is -2.31. The number of likely N-dealkylation sites (tertiary alicyclic amines) is 1. The van der Waals surface area contributed by atoms with Gasteiger partial charge in [0.15, 0.2) is 0 Å². The zero-order valence-corrected chi connectivity index (χ0v) is 14.3. The monoisotopic (exact) mass is 329 g/mol. The van der Waals surface area contributed by atoms with E-state index in [0.717, 1.165) is 54.5 Å². The highest BCUT2D eigenvalue weighted by Gasteiger charge is 2.24. The Bertz CT molecular complexity index is 633. The van der Waals surface area contributed by atoms with E-state index < -0.39 is 0 Å². The van der Waals surface area contributed by atoms with Crippen molar-refractivity contribution in [1.29, 1.82) is 0 Å². The van der Waals surface area contributed by atoms with Gasteiger partial charge in [0.25, 0.3) is 5.91 Å². The van der Waals surface area contributed by atoms with Crippen molar-refractivity contribution < 1.29 is 4.79 Å². The Labute approximate surface area is 141 Å². The average molecular weight is 329 g/mol. The largest absolute Gasteiger partial charge is 0.338 e. The Hall–Kier alpha value is -1.72. The van der Waals surface area contributed by atoms with Crippen molar-refractivity contribution in [2.75, 3.05) is 26.2 Å². The summed E-state index contributed by atoms with van der Waals surface area (Å²) in [5.41, 5.74) is 1.07. The highest BCUT2D eigenvalue weighted by molar-refractivity contribution is 7.16. The third-order valence-corrected chi connectivity index (χ3v) is 5.36. The van der Waals surface area contributed by atoms with Crippen molar-refractivity contribution in [3.05, 3.63) is 41.4 Å². The van der Waals surface area contributed by atoms with Crippen LogP contribution in [0.5, 0.6) is 0 Å². The minimum absolute atomic E-state index is 0.131. The number of carbonyl (C=O) groups is 1. The molecule has 1 aliphatic heterocycles. The maximum Gasteiger partial charge on any atom is 0.265 e. The maximum atomic E-state index is 12.6. The number of hydrogen-bond donors (Lipinski definition) is 1. The predicted octanol–water partition coefficient (Wildman–Crippen LogP) is 3.27. The maximum absolute atomic E-state index is 12.6. The Morgan fingerprint density at radius 2 is 2.04 bits per heavy atom. The van der Waals surface area contributed by atoms with Crippen molar-refractivity contribution in [1.82, 2.24) is 15.2 Å². The second-order valence-corrected chi connectivity index (χ2v) is 6.97. The molecule has 2 heterocycles. The van der Waals surface area contributed by atoms with Gasteiger partial charge in [-0.05, 0) is 31.8 Å². The number of carbonyl (C=O) groups excluding carboxylic acids is 1. The molecule has 0 unspecified atom stereocenters. The van der Waals surface area contributed by atoms with Crippen LogP contribution in [-0.4, -0.2) is 42.0 Å². The molecule has 5 heteroatoms. The van der Waals surface area contributed by atoms with Gasteiger partial charge in [-0.25, -0.2) is 4.98 Å². The fourth-order valence-electron chi connectivity index (χ4n) is 2.93. The molecule has 23 heavy (non-hydrogen) atoms. The third-order valence-electron chi connectivity index (χ3n) is 4.32. The van der Waals surface area contributed by atoms with Gasteiger partial charge in [0, 0.05) is 18.7 Å². The summed E-state index contributed by atoms with van der Waals surface area (Å²) in [7, 11) is 0. The van der Waals surface area contributed by atoms with E-state index in [1.807, 2.05) is 35.2 Å². The van der Waals surface area contributed by atoms with E-state index in [4.69, 9.17) is 0 Å². The van der Waals surface area contributed by atoms with Crippen LogP contribution < -0.4 is 5.32 Å². The van der Waals surface area contributed by atoms with E-state index in [1.54, 1.807) is 6.20 Å². The molecule has 0 radical (unpaired) electrons. The normalized spacial score (nSPS) is 15.8. The van der Waals surface area contributed by atoms with Gasteiger partial charge in [0.1, 0.15) is 9.88 Å². The van der Waals surface area contributed by atoms with Gasteiger partial charge in [-0.2, -0.15) is 0 Å². The highest BCUT2D eigenvalue weighted by atomic mass is 32.1. The van der Waals surface area contributed by atoms with Crippen LogP contribution in [0.3, 0.4) is 0 Å². The molecular formula is C18H23N3OS. The number of nitrogens with one attached hydrogen (secondary N) is 1. The Morgan fingerprint density at radius 3 is 2.74 bits per heavy atom. The number of hydrogen-bond acceptors (Lipinski definition) is 4. The Balaban J connectivity index is 1.60. The minimum atomic E-state index is 0.131. The molecule has 2 aromatic rings. The van der Waals surface area contributed by atoms with Gasteiger partial charge in [0.05, 0.1) is 6.20 Å². The highest BCUT2D eigenvalue weighted by Crippen LogP contribution is 2.27. The molecule has 3 rings (SSSR count). The van der Waals surface area contributed by atoms with E-state index in [1.165, 1.54) is 11.3 Å². The van der Waals surface area contributed by atoms with Gasteiger partial charge in [-0.1, -0.05) is 37.3 Å². The number of aromatic nitrogens is 1. The van der Waals surface area contributed by atoms with Gasteiger partial charge in [-0.15, -0.1) is 11.3 Å². The smallest absolute Gasteiger partial charge is 0.265 e. The summed E-state index contributed by atoms with van der Waals surface area (Å²) in [6.07, 6.45) is 3.90. The molecule has 1 fully saturated rings. The van der Waals surface area contributed by atoms with Gasteiger partial charge >= 0.3 is 0 Å². The summed E-state index contributed by atoms with van der Waals surface area (Å²) < 4.78 is 0. The van der Waals surface area contributed by atoms with Crippen LogP contribution in [-0.2, 0) is 0 Å². The van der Waals surface area contributed by atoms with Crippen LogP contribution >= 0.6 is 11.3 Å². The molecule has 0 spiro atoms. The number of piperidine rings is 1. The SMILES string of the molecule is CCNCC1CCN(C(=O)c2cnc(-c3ccccc3)s2)CC1. The number of nitrogens with zero attached hydrogens (tertiary/aromatic N) is 2. The van der Waals surface area contributed by atoms with E-state index >= 15 is 0 Å². The first kappa shape index (κ1) is 16.1. The van der Waals surface area contributed by atoms with Crippen LogP contribution in [0, 0.1) is 5.92 Å². The molecule has 0 bridgehead atoms.